The lowest BCUT2D eigenvalue weighted by Gasteiger charge is -2.44. The van der Waals surface area contributed by atoms with Gasteiger partial charge in [0.15, 0.2) is 5.78 Å². The van der Waals surface area contributed by atoms with Gasteiger partial charge >= 0.3 is 0 Å². The van der Waals surface area contributed by atoms with Gasteiger partial charge in [-0.05, 0) is 91.6 Å². The molecule has 4 amide bonds. The Labute approximate surface area is 344 Å². The molecule has 12 heteroatoms. The summed E-state index contributed by atoms with van der Waals surface area (Å²) in [6.45, 7) is 11.9. The Bertz CT molecular complexity index is 1880. The van der Waals surface area contributed by atoms with Crippen LogP contribution in [0.3, 0.4) is 0 Å². The highest BCUT2D eigenvalue weighted by molar-refractivity contribution is 6.99. The second-order valence-electron chi connectivity index (χ2n) is 16.4. The number of allylic oxidation sites excluding steroid dienone is 1. The molecule has 3 N–H and O–H groups in total. The Morgan fingerprint density at radius 2 is 1.53 bits per heavy atom. The molecule has 10 nitrogen and oxygen atoms in total. The van der Waals surface area contributed by atoms with E-state index in [0.29, 0.717) is 37.8 Å². The molecule has 2 aliphatic rings. The summed E-state index contributed by atoms with van der Waals surface area (Å²) in [7, 11) is -2.95. The lowest BCUT2D eigenvalue weighted by atomic mass is 9.94. The summed E-state index contributed by atoms with van der Waals surface area (Å²) in [5.74, 6) is -2.48. The summed E-state index contributed by atoms with van der Waals surface area (Å²) in [6, 6.07) is 23.2. The third kappa shape index (κ3) is 10.4. The van der Waals surface area contributed by atoms with Crippen LogP contribution in [0.5, 0.6) is 0 Å². The zero-order chi connectivity index (χ0) is 41.4. The van der Waals surface area contributed by atoms with Crippen LogP contribution >= 0.6 is 0 Å². The van der Waals surface area contributed by atoms with Crippen molar-refractivity contribution in [1.29, 1.82) is 0 Å². The van der Waals surface area contributed by atoms with Crippen molar-refractivity contribution >= 4 is 48.1 Å². The second kappa shape index (κ2) is 19.7. The van der Waals surface area contributed by atoms with Crippen molar-refractivity contribution in [2.45, 2.75) is 129 Å². The zero-order valence-electron chi connectivity index (χ0n) is 34.0. The fraction of sp³-hybridized carbons (Fsp3) is 0.457. The van der Waals surface area contributed by atoms with E-state index in [1.165, 1.54) is 23.1 Å². The first-order valence-corrected chi connectivity index (χ1v) is 22.0. The number of fused-ring (bicyclic) bond motifs is 1. The van der Waals surface area contributed by atoms with Gasteiger partial charge < -0.3 is 25.3 Å². The molecule has 2 heterocycles. The maximum atomic E-state index is 14.0. The van der Waals surface area contributed by atoms with E-state index in [1.807, 2.05) is 36.4 Å². The van der Waals surface area contributed by atoms with Crippen molar-refractivity contribution in [1.82, 2.24) is 20.9 Å². The minimum Gasteiger partial charge on any atom is -0.397 e. The van der Waals surface area contributed by atoms with Crippen molar-refractivity contribution in [3.63, 3.8) is 0 Å². The fourth-order valence-electron chi connectivity index (χ4n) is 7.87. The molecule has 2 aliphatic heterocycles. The zero-order valence-corrected chi connectivity index (χ0v) is 35.0. The van der Waals surface area contributed by atoms with E-state index in [0.717, 1.165) is 10.4 Å². The number of halogens is 1. The molecule has 0 aliphatic carbocycles. The first kappa shape index (κ1) is 45.8. The summed E-state index contributed by atoms with van der Waals surface area (Å²) < 4.78 is 20.6. The average Bonchev–Trinajstić information content (AvgIpc) is 3.69. The maximum absolute atomic E-state index is 14.0. The van der Waals surface area contributed by atoms with Crippen LogP contribution < -0.4 is 26.3 Å². The number of amides is 4. The first-order valence-electron chi connectivity index (χ1n) is 20.1. The monoisotopic (exact) mass is 812 g/mol. The van der Waals surface area contributed by atoms with Crippen LogP contribution in [-0.2, 0) is 34.8 Å². The number of nitrogens with zero attached hydrogens (tertiary/aromatic N) is 1. The third-order valence-corrected chi connectivity index (χ3v) is 16.5. The van der Waals surface area contributed by atoms with Gasteiger partial charge in [-0.3, -0.25) is 24.0 Å². The average molecular weight is 813 g/mol. The van der Waals surface area contributed by atoms with Gasteiger partial charge in [0, 0.05) is 13.0 Å². The van der Waals surface area contributed by atoms with E-state index in [-0.39, 0.29) is 37.5 Å². The van der Waals surface area contributed by atoms with Crippen molar-refractivity contribution in [3.8, 4) is 0 Å². The number of carbonyl (C=O) groups excluding carboxylic acids is 5. The van der Waals surface area contributed by atoms with Crippen LogP contribution in [0.4, 0.5) is 4.39 Å². The minimum atomic E-state index is -2.95. The van der Waals surface area contributed by atoms with Gasteiger partial charge in [-0.25, -0.2) is 4.39 Å². The number of rotatable bonds is 13. The molecule has 0 radical (unpaired) electrons. The van der Waals surface area contributed by atoms with E-state index >= 15 is 0 Å². The van der Waals surface area contributed by atoms with E-state index in [2.05, 4.69) is 61.0 Å². The molecular weight excluding hydrogens is 752 g/mol. The lowest BCUT2D eigenvalue weighted by molar-refractivity contribution is -0.144. The summed E-state index contributed by atoms with van der Waals surface area (Å²) in [5, 5.41) is 10.5. The summed E-state index contributed by atoms with van der Waals surface area (Å²) in [5.41, 5.74) is -0.750. The predicted molar refractivity (Wildman–Crippen MR) is 228 cm³/mol. The highest BCUT2D eigenvalue weighted by atomic mass is 28.4. The molecule has 5 atom stereocenters. The smallest absolute Gasteiger partial charge is 0.262 e. The van der Waals surface area contributed by atoms with Crippen LogP contribution in [0, 0.1) is 5.82 Å². The summed E-state index contributed by atoms with van der Waals surface area (Å²) in [4.78, 5) is 70.5. The molecule has 58 heavy (non-hydrogen) atoms. The van der Waals surface area contributed by atoms with Gasteiger partial charge in [0.05, 0.1) is 0 Å². The lowest BCUT2D eigenvalue weighted by Crippen LogP contribution is -2.68. The predicted octanol–water partition coefficient (Wildman–Crippen LogP) is 5.52. The van der Waals surface area contributed by atoms with E-state index in [4.69, 9.17) is 4.43 Å². The largest absolute Gasteiger partial charge is 0.397 e. The number of benzene rings is 3. The SMILES string of the molecule is C.CC[C@]1(C)NC(=O)[C@H](CCC/C=C/C(=O)[C@@H](C)O[Si](c2ccccc2)(c2ccccc2)C(C)(C)C)NC(=O)[C@H]2CCCN2C(=O)[C@H](Cc2ccc(F)cc2)NC1=O. The summed E-state index contributed by atoms with van der Waals surface area (Å²) in [6.07, 6.45) is 5.01. The Morgan fingerprint density at radius 1 is 0.931 bits per heavy atom. The van der Waals surface area contributed by atoms with E-state index < -0.39 is 67.5 Å². The molecule has 3 aromatic rings. The highest BCUT2D eigenvalue weighted by Crippen LogP contribution is 2.37. The quantitative estimate of drug-likeness (QED) is 0.118. The second-order valence-corrected chi connectivity index (χ2v) is 20.7. The summed E-state index contributed by atoms with van der Waals surface area (Å²) >= 11 is 0. The molecule has 0 unspecified atom stereocenters. The number of hydrogen-bond acceptors (Lipinski definition) is 6. The number of nitrogens with one attached hydrogen (secondary N) is 3. The van der Waals surface area contributed by atoms with Crippen molar-refractivity contribution < 1.29 is 32.8 Å². The van der Waals surface area contributed by atoms with Crippen LogP contribution in [0.1, 0.15) is 93.1 Å². The number of unbranched alkanes of at least 4 members (excludes halogenated alkanes) is 1. The Kier molecular flexibility index (Phi) is 15.5. The topological polar surface area (TPSA) is 134 Å². The number of carbonyl (C=O) groups is 5. The van der Waals surface area contributed by atoms with Crippen LogP contribution in [-0.4, -0.2) is 78.9 Å². The highest BCUT2D eigenvalue weighted by Gasteiger charge is 2.51. The molecular formula is C46H61FN4O6Si. The molecule has 2 fully saturated rings. The van der Waals surface area contributed by atoms with Crippen molar-refractivity contribution in [3.05, 3.63) is 108 Å². The van der Waals surface area contributed by atoms with Gasteiger partial charge in [-0.1, -0.05) is 114 Å². The molecule has 312 valence electrons. The normalized spacial score (nSPS) is 22.5. The molecule has 3 aromatic carbocycles. The van der Waals surface area contributed by atoms with Gasteiger partial charge in [0.25, 0.3) is 8.32 Å². The van der Waals surface area contributed by atoms with Gasteiger partial charge in [0.2, 0.25) is 23.6 Å². The molecule has 0 spiro atoms. The van der Waals surface area contributed by atoms with Crippen molar-refractivity contribution in [2.24, 2.45) is 0 Å². The number of hydrogen-bond donors (Lipinski definition) is 3. The molecule has 0 aromatic heterocycles. The Morgan fingerprint density at radius 3 is 2.10 bits per heavy atom. The first-order chi connectivity index (χ1) is 27.1. The van der Waals surface area contributed by atoms with Gasteiger partial charge in [-0.2, -0.15) is 0 Å². The third-order valence-electron chi connectivity index (χ3n) is 11.4. The van der Waals surface area contributed by atoms with Crippen LogP contribution in [0.25, 0.3) is 0 Å². The van der Waals surface area contributed by atoms with Gasteiger partial charge in [0.1, 0.15) is 35.6 Å². The Hall–Kier alpha value is -4.94. The van der Waals surface area contributed by atoms with Crippen molar-refractivity contribution in [2.75, 3.05) is 6.54 Å². The fourth-order valence-corrected chi connectivity index (χ4v) is 12.5. The Balaban J connectivity index is 0.00000744. The molecule has 0 saturated carbocycles. The van der Waals surface area contributed by atoms with Crippen LogP contribution in [0.2, 0.25) is 5.04 Å². The number of ketones is 1. The van der Waals surface area contributed by atoms with Crippen LogP contribution in [0.15, 0.2) is 97.1 Å². The van der Waals surface area contributed by atoms with E-state index in [1.54, 1.807) is 39.0 Å². The molecule has 0 bridgehead atoms. The minimum absolute atomic E-state index is 0. The standard InChI is InChI=1S/C45H57FN4O6Si.CH4/c1-7-45(6)43(55)48-37(30-32-25-27-33(46)28-26-32)42(54)50-29-17-23-38(50)41(53)47-36(40(52)49-45)22-15-10-16-24-39(51)31(2)56-57(44(3,4)5,34-18-11-8-12-19-34)35-20-13-9-14-21-35;/h8-9,11-14,16,18-21,24-28,31,36-38H,7,10,15,17,22-23,29-30H2,1-6H3,(H,47,53)(H,48,55)(H,49,52);1H4/b24-16+;/t31-,36+,37+,38-,45+;/m1./s1. The maximum Gasteiger partial charge on any atom is 0.262 e. The van der Waals surface area contributed by atoms with Gasteiger partial charge in [-0.15, -0.1) is 0 Å². The molecule has 5 rings (SSSR count). The van der Waals surface area contributed by atoms with E-state index in [9.17, 15) is 28.4 Å². The molecule has 2 saturated heterocycles.